The number of hydrogen-bond donors (Lipinski definition) is 1. The first kappa shape index (κ1) is 17.9. The number of sulfonamides is 1. The maximum absolute atomic E-state index is 12.8. The Balaban J connectivity index is 2.60. The third kappa shape index (κ3) is 3.90. The minimum absolute atomic E-state index is 0.00737. The van der Waals surface area contributed by atoms with Crippen molar-refractivity contribution in [3.63, 3.8) is 0 Å². The number of benzene rings is 2. The molecule has 0 radical (unpaired) electrons. The van der Waals surface area contributed by atoms with Crippen molar-refractivity contribution in [1.82, 2.24) is 0 Å². The Hall–Kier alpha value is -1.47. The quantitative estimate of drug-likeness (QED) is 0.846. The molecule has 0 saturated carbocycles. The first-order chi connectivity index (χ1) is 10.7. The standard InChI is InChI=1S/C14H11Cl3N2O3S/c15-9-4-6-10(7-5-9)23(21,22)19(8-13(18)20)12-3-1-2-11(16)14(12)17/h1-7H,8H2,(H2,18,20). The third-order valence-corrected chi connectivity index (χ3v) is 5.74. The maximum atomic E-state index is 12.8. The van der Waals surface area contributed by atoms with Gasteiger partial charge in [-0.3, -0.25) is 9.10 Å². The Labute approximate surface area is 148 Å². The first-order valence-corrected chi connectivity index (χ1v) is 8.81. The lowest BCUT2D eigenvalue weighted by molar-refractivity contribution is -0.116. The lowest BCUT2D eigenvalue weighted by Crippen LogP contribution is -2.38. The number of rotatable bonds is 5. The number of primary amides is 1. The van der Waals surface area contributed by atoms with Crippen molar-refractivity contribution >= 4 is 56.4 Å². The minimum Gasteiger partial charge on any atom is -0.368 e. The van der Waals surface area contributed by atoms with E-state index in [1.165, 1.54) is 42.5 Å². The summed E-state index contributed by atoms with van der Waals surface area (Å²) in [6, 6.07) is 9.96. The third-order valence-electron chi connectivity index (χ3n) is 2.90. The molecule has 1 amide bonds. The Morgan fingerprint density at radius 2 is 1.65 bits per heavy atom. The number of carbonyl (C=O) groups is 1. The summed E-state index contributed by atoms with van der Waals surface area (Å²) in [6.45, 7) is -0.578. The molecule has 0 heterocycles. The van der Waals surface area contributed by atoms with Crippen molar-refractivity contribution in [1.29, 1.82) is 0 Å². The smallest absolute Gasteiger partial charge is 0.264 e. The van der Waals surface area contributed by atoms with Crippen LogP contribution >= 0.6 is 34.8 Å². The number of nitrogens with two attached hydrogens (primary N) is 1. The summed E-state index contributed by atoms with van der Waals surface area (Å²) in [4.78, 5) is 11.3. The molecule has 9 heteroatoms. The predicted octanol–water partition coefficient (Wildman–Crippen LogP) is 3.33. The lowest BCUT2D eigenvalue weighted by Gasteiger charge is -2.24. The van der Waals surface area contributed by atoms with Gasteiger partial charge in [0.2, 0.25) is 5.91 Å². The molecule has 2 aromatic rings. The molecule has 0 spiro atoms. The fraction of sp³-hybridized carbons (Fsp3) is 0.0714. The molecular formula is C14H11Cl3N2O3S. The average molecular weight is 394 g/mol. The highest BCUT2D eigenvalue weighted by atomic mass is 35.5. The van der Waals surface area contributed by atoms with Gasteiger partial charge in [0, 0.05) is 5.02 Å². The van der Waals surface area contributed by atoms with Gasteiger partial charge < -0.3 is 5.73 Å². The Morgan fingerprint density at radius 3 is 2.22 bits per heavy atom. The second kappa shape index (κ2) is 6.97. The van der Waals surface area contributed by atoms with Crippen molar-refractivity contribution in [3.05, 3.63) is 57.5 Å². The minimum atomic E-state index is -4.07. The van der Waals surface area contributed by atoms with Gasteiger partial charge in [-0.15, -0.1) is 0 Å². The summed E-state index contributed by atoms with van der Waals surface area (Å²) in [5, 5.41) is 0.545. The van der Waals surface area contributed by atoms with Gasteiger partial charge in [-0.25, -0.2) is 8.42 Å². The highest BCUT2D eigenvalue weighted by Crippen LogP contribution is 2.35. The van der Waals surface area contributed by atoms with E-state index in [0.717, 1.165) is 4.31 Å². The molecule has 0 saturated heterocycles. The zero-order valence-corrected chi connectivity index (χ0v) is 14.6. The van der Waals surface area contributed by atoms with Crippen LogP contribution in [0.1, 0.15) is 0 Å². The van der Waals surface area contributed by atoms with E-state index in [9.17, 15) is 13.2 Å². The van der Waals surface area contributed by atoms with Gasteiger partial charge in [0.05, 0.1) is 20.6 Å². The van der Waals surface area contributed by atoms with Gasteiger partial charge in [-0.05, 0) is 36.4 Å². The Morgan fingerprint density at radius 1 is 1.04 bits per heavy atom. The van der Waals surface area contributed by atoms with Gasteiger partial charge in [0.1, 0.15) is 6.54 Å². The first-order valence-electron chi connectivity index (χ1n) is 6.24. The van der Waals surface area contributed by atoms with E-state index in [4.69, 9.17) is 40.5 Å². The molecule has 5 nitrogen and oxygen atoms in total. The van der Waals surface area contributed by atoms with Crippen LogP contribution in [0.5, 0.6) is 0 Å². The number of nitrogens with zero attached hydrogens (tertiary/aromatic N) is 1. The van der Waals surface area contributed by atoms with Crippen LogP contribution < -0.4 is 10.0 Å². The van der Waals surface area contributed by atoms with Gasteiger partial charge >= 0.3 is 0 Å². The fourth-order valence-electron chi connectivity index (χ4n) is 1.86. The summed E-state index contributed by atoms with van der Waals surface area (Å²) in [7, 11) is -4.07. The highest BCUT2D eigenvalue weighted by Gasteiger charge is 2.28. The van der Waals surface area contributed by atoms with Crippen molar-refractivity contribution in [3.8, 4) is 0 Å². The van der Waals surface area contributed by atoms with Gasteiger partial charge in [0.15, 0.2) is 0 Å². The highest BCUT2D eigenvalue weighted by molar-refractivity contribution is 7.92. The van der Waals surface area contributed by atoms with Crippen LogP contribution in [-0.2, 0) is 14.8 Å². The summed E-state index contributed by atoms with van der Waals surface area (Å²) in [5.74, 6) is -0.835. The molecule has 2 rings (SSSR count). The van der Waals surface area contributed by atoms with Crippen LogP contribution in [0.25, 0.3) is 0 Å². The van der Waals surface area contributed by atoms with Crippen molar-refractivity contribution in [2.24, 2.45) is 5.73 Å². The molecule has 0 fully saturated rings. The number of hydrogen-bond acceptors (Lipinski definition) is 3. The fourth-order valence-corrected chi connectivity index (χ4v) is 3.88. The second-order valence-corrected chi connectivity index (χ2v) is 7.59. The largest absolute Gasteiger partial charge is 0.368 e. The van der Waals surface area contributed by atoms with Gasteiger partial charge in [-0.2, -0.15) is 0 Å². The number of halogens is 3. The van der Waals surface area contributed by atoms with E-state index >= 15 is 0 Å². The molecule has 0 atom stereocenters. The molecule has 0 aliphatic carbocycles. The normalized spacial score (nSPS) is 11.3. The summed E-state index contributed by atoms with van der Waals surface area (Å²) in [5.41, 5.74) is 5.24. The average Bonchev–Trinajstić information content (AvgIpc) is 2.48. The SMILES string of the molecule is NC(=O)CN(c1cccc(Cl)c1Cl)S(=O)(=O)c1ccc(Cl)cc1. The summed E-state index contributed by atoms with van der Waals surface area (Å²) in [6.07, 6.45) is 0. The molecule has 0 bridgehead atoms. The zero-order chi connectivity index (χ0) is 17.2. The van der Waals surface area contributed by atoms with E-state index < -0.39 is 22.5 Å². The van der Waals surface area contributed by atoms with Crippen LogP contribution in [0.2, 0.25) is 15.1 Å². The topological polar surface area (TPSA) is 80.5 Å². The van der Waals surface area contributed by atoms with Gasteiger partial charge in [-0.1, -0.05) is 40.9 Å². The number of amides is 1. The van der Waals surface area contributed by atoms with Crippen LogP contribution in [0.15, 0.2) is 47.4 Å². The molecule has 2 N–H and O–H groups in total. The van der Waals surface area contributed by atoms with Crippen LogP contribution in [-0.4, -0.2) is 20.9 Å². The van der Waals surface area contributed by atoms with E-state index in [1.54, 1.807) is 0 Å². The molecular weight excluding hydrogens is 383 g/mol. The molecule has 23 heavy (non-hydrogen) atoms. The predicted molar refractivity (Wildman–Crippen MR) is 91.6 cm³/mol. The Kier molecular flexibility index (Phi) is 5.41. The lowest BCUT2D eigenvalue weighted by atomic mass is 10.3. The van der Waals surface area contributed by atoms with Crippen LogP contribution in [0.3, 0.4) is 0 Å². The molecule has 2 aromatic carbocycles. The summed E-state index contributed by atoms with van der Waals surface area (Å²) >= 11 is 17.8. The van der Waals surface area contributed by atoms with Crippen LogP contribution in [0, 0.1) is 0 Å². The van der Waals surface area contributed by atoms with E-state index in [2.05, 4.69) is 0 Å². The molecule has 0 aliphatic heterocycles. The molecule has 0 aliphatic rings. The second-order valence-electron chi connectivity index (χ2n) is 4.50. The van der Waals surface area contributed by atoms with Crippen LogP contribution in [0.4, 0.5) is 5.69 Å². The van der Waals surface area contributed by atoms with Gasteiger partial charge in [0.25, 0.3) is 10.0 Å². The van der Waals surface area contributed by atoms with E-state index in [-0.39, 0.29) is 20.6 Å². The van der Waals surface area contributed by atoms with E-state index in [1.807, 2.05) is 0 Å². The van der Waals surface area contributed by atoms with E-state index in [0.29, 0.717) is 5.02 Å². The Bertz CT molecular complexity index is 839. The van der Waals surface area contributed by atoms with Crippen molar-refractivity contribution in [2.45, 2.75) is 4.90 Å². The molecule has 122 valence electrons. The maximum Gasteiger partial charge on any atom is 0.264 e. The van der Waals surface area contributed by atoms with Crippen molar-refractivity contribution < 1.29 is 13.2 Å². The number of carbonyl (C=O) groups excluding carboxylic acids is 1. The van der Waals surface area contributed by atoms with Crippen molar-refractivity contribution in [2.75, 3.05) is 10.8 Å². The molecule has 0 aromatic heterocycles. The summed E-state index contributed by atoms with van der Waals surface area (Å²) < 4.78 is 26.4. The zero-order valence-electron chi connectivity index (χ0n) is 11.5. The molecule has 0 unspecified atom stereocenters. The monoisotopic (exact) mass is 392 g/mol. The number of anilines is 1.